The Morgan fingerprint density at radius 3 is 2.39 bits per heavy atom. The molecular formula is C21H21NO6. The lowest BCUT2D eigenvalue weighted by molar-refractivity contribution is -0.170. The minimum absolute atomic E-state index is 0.0309. The van der Waals surface area contributed by atoms with Crippen molar-refractivity contribution >= 4 is 11.9 Å². The topological polar surface area (TPSA) is 74.3 Å². The van der Waals surface area contributed by atoms with Gasteiger partial charge in [0.2, 0.25) is 12.2 Å². The fourth-order valence-corrected chi connectivity index (χ4v) is 3.17. The number of fused-ring (bicyclic) bond motifs is 1. The Morgan fingerprint density at radius 1 is 0.964 bits per heavy atom. The molecule has 0 aliphatic carbocycles. The number of rotatable bonds is 4. The Labute approximate surface area is 162 Å². The summed E-state index contributed by atoms with van der Waals surface area (Å²) in [7, 11) is 0. The first-order valence-electron chi connectivity index (χ1n) is 9.23. The lowest BCUT2D eigenvalue weighted by atomic mass is 10.1. The van der Waals surface area contributed by atoms with Crippen LogP contribution in [0.1, 0.15) is 11.7 Å². The van der Waals surface area contributed by atoms with E-state index in [1.165, 1.54) is 0 Å². The highest BCUT2D eigenvalue weighted by Gasteiger charge is 2.35. The molecule has 1 amide bonds. The predicted molar refractivity (Wildman–Crippen MR) is 99.0 cm³/mol. The van der Waals surface area contributed by atoms with Gasteiger partial charge in [0.1, 0.15) is 6.61 Å². The van der Waals surface area contributed by atoms with Crippen LogP contribution in [-0.2, 0) is 19.1 Å². The second-order valence-corrected chi connectivity index (χ2v) is 6.53. The first kappa shape index (κ1) is 18.3. The highest BCUT2D eigenvalue weighted by molar-refractivity contribution is 5.86. The molecule has 0 unspecified atom stereocenters. The molecule has 0 saturated carbocycles. The molecule has 0 spiro atoms. The summed E-state index contributed by atoms with van der Waals surface area (Å²) in [5.41, 5.74) is 0.615. The molecular weight excluding hydrogens is 362 g/mol. The van der Waals surface area contributed by atoms with Crippen molar-refractivity contribution in [2.75, 3.05) is 32.9 Å². The van der Waals surface area contributed by atoms with E-state index >= 15 is 0 Å². The summed E-state index contributed by atoms with van der Waals surface area (Å²) in [5, 5.41) is 0. The van der Waals surface area contributed by atoms with Crippen molar-refractivity contribution in [2.24, 2.45) is 0 Å². The Morgan fingerprint density at radius 2 is 1.64 bits per heavy atom. The minimum Gasteiger partial charge on any atom is -0.485 e. The van der Waals surface area contributed by atoms with Crippen molar-refractivity contribution in [3.05, 3.63) is 60.2 Å². The van der Waals surface area contributed by atoms with Crippen molar-refractivity contribution in [1.29, 1.82) is 0 Å². The van der Waals surface area contributed by atoms with Crippen molar-refractivity contribution in [2.45, 2.75) is 12.2 Å². The maximum absolute atomic E-state index is 13.0. The summed E-state index contributed by atoms with van der Waals surface area (Å²) < 4.78 is 22.2. The van der Waals surface area contributed by atoms with Gasteiger partial charge in [-0.15, -0.1) is 0 Å². The van der Waals surface area contributed by atoms with Crippen LogP contribution >= 0.6 is 0 Å². The van der Waals surface area contributed by atoms with Crippen molar-refractivity contribution in [1.82, 2.24) is 4.90 Å². The summed E-state index contributed by atoms with van der Waals surface area (Å²) in [6.45, 7) is 1.91. The van der Waals surface area contributed by atoms with E-state index in [0.717, 1.165) is 0 Å². The molecule has 2 atom stereocenters. The molecule has 2 aliphatic rings. The van der Waals surface area contributed by atoms with E-state index in [1.807, 2.05) is 12.1 Å². The van der Waals surface area contributed by atoms with Crippen molar-refractivity contribution in [3.8, 4) is 11.5 Å². The quantitative estimate of drug-likeness (QED) is 0.752. The smallest absolute Gasteiger partial charge is 0.352 e. The van der Waals surface area contributed by atoms with Crippen LogP contribution in [0.15, 0.2) is 54.6 Å². The first-order valence-corrected chi connectivity index (χ1v) is 9.23. The molecule has 28 heavy (non-hydrogen) atoms. The third-order valence-corrected chi connectivity index (χ3v) is 4.65. The number of amides is 1. The molecule has 0 bridgehead atoms. The zero-order valence-corrected chi connectivity index (χ0v) is 15.3. The van der Waals surface area contributed by atoms with Crippen LogP contribution in [-0.4, -0.2) is 55.8 Å². The van der Waals surface area contributed by atoms with Crippen LogP contribution < -0.4 is 9.47 Å². The zero-order valence-electron chi connectivity index (χ0n) is 15.3. The van der Waals surface area contributed by atoms with Gasteiger partial charge in [0.25, 0.3) is 5.91 Å². The number of hydrogen-bond donors (Lipinski definition) is 0. The van der Waals surface area contributed by atoms with Gasteiger partial charge in [0.15, 0.2) is 11.5 Å². The normalized spacial score (nSPS) is 19.6. The van der Waals surface area contributed by atoms with Crippen molar-refractivity contribution in [3.63, 3.8) is 0 Å². The van der Waals surface area contributed by atoms with Gasteiger partial charge < -0.3 is 23.8 Å². The molecule has 1 saturated heterocycles. The highest BCUT2D eigenvalue weighted by atomic mass is 16.6. The van der Waals surface area contributed by atoms with Gasteiger partial charge in [-0.05, 0) is 12.1 Å². The van der Waals surface area contributed by atoms with Gasteiger partial charge in [-0.25, -0.2) is 4.79 Å². The molecule has 0 radical (unpaired) electrons. The molecule has 146 valence electrons. The number of esters is 1. The number of para-hydroxylation sites is 2. The maximum atomic E-state index is 13.0. The van der Waals surface area contributed by atoms with E-state index in [4.69, 9.17) is 18.9 Å². The molecule has 0 aromatic heterocycles. The third-order valence-electron chi connectivity index (χ3n) is 4.65. The van der Waals surface area contributed by atoms with Gasteiger partial charge in [0.05, 0.1) is 13.2 Å². The number of hydrogen-bond acceptors (Lipinski definition) is 6. The third kappa shape index (κ3) is 3.94. The second-order valence-electron chi connectivity index (χ2n) is 6.53. The average molecular weight is 383 g/mol. The number of nitrogens with zero attached hydrogens (tertiary/aromatic N) is 1. The van der Waals surface area contributed by atoms with Gasteiger partial charge in [-0.3, -0.25) is 4.79 Å². The molecule has 2 aromatic carbocycles. The lowest BCUT2D eigenvalue weighted by Crippen LogP contribution is -2.45. The van der Waals surface area contributed by atoms with Gasteiger partial charge in [-0.1, -0.05) is 42.5 Å². The molecule has 2 heterocycles. The second kappa shape index (κ2) is 8.31. The first-order chi connectivity index (χ1) is 13.7. The van der Waals surface area contributed by atoms with E-state index in [1.54, 1.807) is 47.4 Å². The molecule has 4 rings (SSSR count). The SMILES string of the molecule is O=C(O[C@@H](C(=O)N1CCOCC1)c1ccccc1)[C@H]1COc2ccccc2O1. The van der Waals surface area contributed by atoms with Gasteiger partial charge >= 0.3 is 5.97 Å². The number of carbonyl (C=O) groups excluding carboxylic acids is 2. The molecule has 7 heteroatoms. The number of ether oxygens (including phenoxy) is 4. The average Bonchev–Trinajstić information content (AvgIpc) is 2.77. The summed E-state index contributed by atoms with van der Waals surface area (Å²) in [4.78, 5) is 27.4. The van der Waals surface area contributed by atoms with Crippen LogP contribution in [0.2, 0.25) is 0 Å². The fourth-order valence-electron chi connectivity index (χ4n) is 3.17. The van der Waals surface area contributed by atoms with E-state index < -0.39 is 18.2 Å². The molecule has 7 nitrogen and oxygen atoms in total. The fraction of sp³-hybridized carbons (Fsp3) is 0.333. The van der Waals surface area contributed by atoms with Gasteiger partial charge in [0, 0.05) is 18.7 Å². The standard InChI is InChI=1S/C21H21NO6/c23-20(22-10-12-25-13-11-22)19(15-6-2-1-3-7-15)28-21(24)18-14-26-16-8-4-5-9-17(16)27-18/h1-9,18-19H,10-14H2/t18-,19-/m1/s1. The largest absolute Gasteiger partial charge is 0.485 e. The van der Waals surface area contributed by atoms with E-state index in [0.29, 0.717) is 43.4 Å². The monoisotopic (exact) mass is 383 g/mol. The van der Waals surface area contributed by atoms with Crippen LogP contribution in [0.4, 0.5) is 0 Å². The Kier molecular flexibility index (Phi) is 5.43. The Hall–Kier alpha value is -3.06. The number of morpholine rings is 1. The highest BCUT2D eigenvalue weighted by Crippen LogP contribution is 2.32. The summed E-state index contributed by atoms with van der Waals surface area (Å²) in [5.74, 6) is 0.159. The Bertz CT molecular complexity index is 834. The van der Waals surface area contributed by atoms with Crippen LogP contribution in [0.5, 0.6) is 11.5 Å². The maximum Gasteiger partial charge on any atom is 0.352 e. The Balaban J connectivity index is 1.51. The predicted octanol–water partition coefficient (Wildman–Crippen LogP) is 1.97. The van der Waals surface area contributed by atoms with E-state index in [-0.39, 0.29) is 12.5 Å². The van der Waals surface area contributed by atoms with Crippen LogP contribution in [0.3, 0.4) is 0 Å². The molecule has 1 fully saturated rings. The van der Waals surface area contributed by atoms with E-state index in [2.05, 4.69) is 0 Å². The number of carbonyl (C=O) groups is 2. The minimum atomic E-state index is -1.03. The zero-order chi connectivity index (χ0) is 19.3. The van der Waals surface area contributed by atoms with Crippen molar-refractivity contribution < 1.29 is 28.5 Å². The summed E-state index contributed by atoms with van der Waals surface area (Å²) >= 11 is 0. The van der Waals surface area contributed by atoms with Gasteiger partial charge in [-0.2, -0.15) is 0 Å². The summed E-state index contributed by atoms with van der Waals surface area (Å²) in [6.07, 6.45) is -1.97. The summed E-state index contributed by atoms with van der Waals surface area (Å²) in [6, 6.07) is 16.1. The molecule has 0 N–H and O–H groups in total. The van der Waals surface area contributed by atoms with Crippen LogP contribution in [0, 0.1) is 0 Å². The molecule has 2 aromatic rings. The lowest BCUT2D eigenvalue weighted by Gasteiger charge is -2.31. The van der Waals surface area contributed by atoms with E-state index in [9.17, 15) is 9.59 Å². The molecule has 2 aliphatic heterocycles. The van der Waals surface area contributed by atoms with Crippen LogP contribution in [0.25, 0.3) is 0 Å². The number of benzene rings is 2.